The number of hydrogen-bond acceptors (Lipinski definition) is 5. The van der Waals surface area contributed by atoms with Gasteiger partial charge in [0.15, 0.2) is 11.4 Å². The molecule has 0 atom stereocenters. The predicted molar refractivity (Wildman–Crippen MR) is 138 cm³/mol. The summed E-state index contributed by atoms with van der Waals surface area (Å²) in [6.07, 6.45) is 8.71. The van der Waals surface area contributed by atoms with E-state index in [2.05, 4.69) is 58.1 Å². The van der Waals surface area contributed by atoms with Gasteiger partial charge in [0.2, 0.25) is 0 Å². The number of aromatic amines is 1. The second-order valence-electron chi connectivity index (χ2n) is 10.4. The van der Waals surface area contributed by atoms with E-state index in [9.17, 15) is 0 Å². The van der Waals surface area contributed by atoms with Crippen molar-refractivity contribution in [3.05, 3.63) is 47.9 Å². The van der Waals surface area contributed by atoms with Gasteiger partial charge in [0, 0.05) is 41.8 Å². The van der Waals surface area contributed by atoms with Crippen LogP contribution >= 0.6 is 0 Å². The molecule has 0 bridgehead atoms. The fourth-order valence-electron chi connectivity index (χ4n) is 6.21. The Balaban J connectivity index is 1.32. The molecule has 0 amide bonds. The molecule has 0 unspecified atom stereocenters. The number of methoxy groups -OCH3 is 1. The lowest BCUT2D eigenvalue weighted by Gasteiger charge is -2.38. The molecule has 1 aliphatic heterocycles. The highest BCUT2D eigenvalue weighted by molar-refractivity contribution is 5.92. The lowest BCUT2D eigenvalue weighted by Crippen LogP contribution is -2.44. The summed E-state index contributed by atoms with van der Waals surface area (Å²) in [5.41, 5.74) is 6.95. The third-order valence-corrected chi connectivity index (χ3v) is 8.02. The van der Waals surface area contributed by atoms with Gasteiger partial charge in [-0.2, -0.15) is 5.10 Å². The standard InChI is InChI=1S/C28H35N5O2/c1-18(2)26-23-14-20(19-4-7-22(8-5-19)32-10-12-35-13-11-32)6-9-24(23)31-27(26)21-15-25(34-3)28-29-17-30-33(28)16-21/h6,9,14-19,22,31H,4-5,7-8,10-13H2,1-3H3. The third-order valence-electron chi connectivity index (χ3n) is 8.02. The monoisotopic (exact) mass is 473 g/mol. The van der Waals surface area contributed by atoms with Crippen molar-refractivity contribution < 1.29 is 9.47 Å². The quantitative estimate of drug-likeness (QED) is 0.422. The zero-order valence-electron chi connectivity index (χ0n) is 21.0. The van der Waals surface area contributed by atoms with E-state index in [1.807, 2.05) is 6.20 Å². The minimum absolute atomic E-state index is 0.378. The van der Waals surface area contributed by atoms with Crippen molar-refractivity contribution in [3.63, 3.8) is 0 Å². The van der Waals surface area contributed by atoms with Crippen LogP contribution in [0.3, 0.4) is 0 Å². The van der Waals surface area contributed by atoms with Gasteiger partial charge in [-0.1, -0.05) is 19.9 Å². The third kappa shape index (κ3) is 4.10. The average molecular weight is 474 g/mol. The van der Waals surface area contributed by atoms with Crippen LogP contribution in [0.15, 0.2) is 36.8 Å². The lowest BCUT2D eigenvalue weighted by atomic mass is 9.80. The smallest absolute Gasteiger partial charge is 0.197 e. The average Bonchev–Trinajstić information content (AvgIpc) is 3.53. The Morgan fingerprint density at radius 2 is 1.89 bits per heavy atom. The number of rotatable bonds is 5. The molecule has 7 nitrogen and oxygen atoms in total. The Labute approximate surface area is 206 Å². The van der Waals surface area contributed by atoms with Crippen LogP contribution in [0.1, 0.15) is 62.5 Å². The molecule has 3 aromatic heterocycles. The molecule has 35 heavy (non-hydrogen) atoms. The Morgan fingerprint density at radius 3 is 2.63 bits per heavy atom. The summed E-state index contributed by atoms with van der Waals surface area (Å²) < 4.78 is 13.0. The van der Waals surface area contributed by atoms with Crippen LogP contribution in [0.5, 0.6) is 5.75 Å². The van der Waals surface area contributed by atoms with Crippen molar-refractivity contribution in [3.8, 4) is 17.0 Å². The highest BCUT2D eigenvalue weighted by atomic mass is 16.5. The Hall–Kier alpha value is -2.90. The molecule has 0 radical (unpaired) electrons. The van der Waals surface area contributed by atoms with Gasteiger partial charge in [-0.3, -0.25) is 4.90 Å². The van der Waals surface area contributed by atoms with E-state index in [1.54, 1.807) is 18.0 Å². The summed E-state index contributed by atoms with van der Waals surface area (Å²) in [5, 5.41) is 5.69. The van der Waals surface area contributed by atoms with Crippen molar-refractivity contribution in [1.82, 2.24) is 24.5 Å². The number of ether oxygens (including phenoxy) is 2. The molecule has 4 heterocycles. The molecule has 1 aromatic carbocycles. The van der Waals surface area contributed by atoms with Gasteiger partial charge >= 0.3 is 0 Å². The number of nitrogens with one attached hydrogen (secondary N) is 1. The van der Waals surface area contributed by atoms with E-state index < -0.39 is 0 Å². The van der Waals surface area contributed by atoms with Crippen molar-refractivity contribution in [2.75, 3.05) is 33.4 Å². The molecule has 184 valence electrons. The van der Waals surface area contributed by atoms with Crippen molar-refractivity contribution in [1.29, 1.82) is 0 Å². The molecule has 1 saturated carbocycles. The largest absolute Gasteiger partial charge is 0.493 e. The van der Waals surface area contributed by atoms with Gasteiger partial charge in [0.1, 0.15) is 6.33 Å². The van der Waals surface area contributed by atoms with Crippen LogP contribution in [0.2, 0.25) is 0 Å². The van der Waals surface area contributed by atoms with Crippen molar-refractivity contribution >= 4 is 16.6 Å². The van der Waals surface area contributed by atoms with Crippen molar-refractivity contribution in [2.24, 2.45) is 0 Å². The van der Waals surface area contributed by atoms with Crippen LogP contribution in [-0.2, 0) is 4.74 Å². The molecule has 1 N–H and O–H groups in total. The first-order chi connectivity index (χ1) is 17.1. The summed E-state index contributed by atoms with van der Waals surface area (Å²) in [6.45, 7) is 8.52. The van der Waals surface area contributed by atoms with Crippen molar-refractivity contribution in [2.45, 2.75) is 57.4 Å². The topological polar surface area (TPSA) is 67.7 Å². The highest BCUT2D eigenvalue weighted by Gasteiger charge is 2.28. The molecule has 6 rings (SSSR count). The SMILES string of the molecule is COc1cc(-c2[nH]c3ccc(C4CCC(N5CCOCC5)CC4)cc3c2C(C)C)cn2ncnc12. The maximum atomic E-state index is 5.63. The minimum atomic E-state index is 0.378. The minimum Gasteiger partial charge on any atom is -0.493 e. The lowest BCUT2D eigenvalue weighted by molar-refractivity contribution is 0.00730. The van der Waals surface area contributed by atoms with Gasteiger partial charge in [0.25, 0.3) is 0 Å². The normalized spacial score (nSPS) is 21.8. The molecule has 4 aromatic rings. The number of benzene rings is 1. The number of H-pyrrole nitrogens is 1. The zero-order valence-corrected chi connectivity index (χ0v) is 21.0. The number of aromatic nitrogens is 4. The second-order valence-corrected chi connectivity index (χ2v) is 10.4. The molecule has 2 fully saturated rings. The molecule has 0 spiro atoms. The summed E-state index contributed by atoms with van der Waals surface area (Å²) >= 11 is 0. The van der Waals surface area contributed by atoms with E-state index in [4.69, 9.17) is 9.47 Å². The van der Waals surface area contributed by atoms with Gasteiger partial charge < -0.3 is 14.5 Å². The predicted octanol–water partition coefficient (Wildman–Crippen LogP) is 5.37. The number of hydrogen-bond donors (Lipinski definition) is 1. The fraction of sp³-hybridized carbons (Fsp3) is 0.500. The Bertz CT molecular complexity index is 1330. The number of pyridine rings is 1. The van der Waals surface area contributed by atoms with E-state index in [0.29, 0.717) is 11.8 Å². The molecule has 7 heteroatoms. The molecule has 2 aliphatic rings. The molecule has 1 saturated heterocycles. The molecular weight excluding hydrogens is 438 g/mol. The molecule has 1 aliphatic carbocycles. The zero-order chi connectivity index (χ0) is 23.9. The first-order valence-corrected chi connectivity index (χ1v) is 13.0. The van der Waals surface area contributed by atoms with Crippen LogP contribution in [-0.4, -0.2) is 63.9 Å². The maximum absolute atomic E-state index is 5.63. The fourth-order valence-corrected chi connectivity index (χ4v) is 6.21. The summed E-state index contributed by atoms with van der Waals surface area (Å²) in [7, 11) is 1.68. The number of nitrogens with zero attached hydrogens (tertiary/aromatic N) is 4. The highest BCUT2D eigenvalue weighted by Crippen LogP contribution is 2.40. The van der Waals surface area contributed by atoms with Gasteiger partial charge in [-0.15, -0.1) is 0 Å². The van der Waals surface area contributed by atoms with E-state index in [0.717, 1.165) is 55.0 Å². The van der Waals surface area contributed by atoms with Crippen LogP contribution in [0.4, 0.5) is 0 Å². The molecular formula is C28H35N5O2. The van der Waals surface area contributed by atoms with Crippen LogP contribution in [0.25, 0.3) is 27.8 Å². The maximum Gasteiger partial charge on any atom is 0.197 e. The van der Waals surface area contributed by atoms with Gasteiger partial charge in [-0.05, 0) is 66.8 Å². The van der Waals surface area contributed by atoms with Gasteiger partial charge in [-0.25, -0.2) is 9.50 Å². The Morgan fingerprint density at radius 1 is 1.09 bits per heavy atom. The first-order valence-electron chi connectivity index (χ1n) is 13.0. The van der Waals surface area contributed by atoms with E-state index >= 15 is 0 Å². The second kappa shape index (κ2) is 9.28. The number of morpholine rings is 1. The summed E-state index contributed by atoms with van der Waals surface area (Å²) in [6, 6.07) is 9.86. The van der Waals surface area contributed by atoms with Gasteiger partial charge in [0.05, 0.1) is 26.0 Å². The van der Waals surface area contributed by atoms with E-state index in [-0.39, 0.29) is 0 Å². The Kier molecular flexibility index (Phi) is 5.98. The number of fused-ring (bicyclic) bond motifs is 2. The summed E-state index contributed by atoms with van der Waals surface area (Å²) in [4.78, 5) is 10.7. The van der Waals surface area contributed by atoms with E-state index in [1.165, 1.54) is 47.7 Å². The first kappa shape index (κ1) is 22.6. The van der Waals surface area contributed by atoms with Crippen LogP contribution in [0, 0.1) is 0 Å². The summed E-state index contributed by atoms with van der Waals surface area (Å²) in [5.74, 6) is 1.75. The van der Waals surface area contributed by atoms with Crippen LogP contribution < -0.4 is 4.74 Å².